The summed E-state index contributed by atoms with van der Waals surface area (Å²) in [6.07, 6.45) is -8.09. The third-order valence-electron chi connectivity index (χ3n) is 2.38. The molecule has 0 nitrogen and oxygen atoms in total. The molecule has 0 heterocycles. The lowest BCUT2D eigenvalue weighted by atomic mass is 9.92. The van der Waals surface area contributed by atoms with E-state index in [-0.39, 0.29) is 6.42 Å². The molecule has 0 saturated heterocycles. The van der Waals surface area contributed by atoms with Crippen molar-refractivity contribution in [1.82, 2.24) is 0 Å². The molecule has 0 aromatic heterocycles. The Labute approximate surface area is 111 Å². The van der Waals surface area contributed by atoms with E-state index in [0.717, 1.165) is 6.08 Å². The maximum Gasteiger partial charge on any atom is 0.426 e. The van der Waals surface area contributed by atoms with Crippen LogP contribution in [0.4, 0.5) is 26.3 Å². The normalized spacial score (nSPS) is 28.8. The van der Waals surface area contributed by atoms with Crippen molar-refractivity contribution < 1.29 is 26.3 Å². The van der Waals surface area contributed by atoms with Crippen LogP contribution in [0.5, 0.6) is 0 Å². The van der Waals surface area contributed by atoms with Crippen LogP contribution in [0.15, 0.2) is 11.6 Å². The van der Waals surface area contributed by atoms with Crippen LogP contribution in [0.3, 0.4) is 0 Å². The van der Waals surface area contributed by atoms with E-state index in [4.69, 9.17) is 0 Å². The number of hydrogen-bond donors (Lipinski definition) is 0. The van der Waals surface area contributed by atoms with Gasteiger partial charge in [-0.3, -0.25) is 0 Å². The first-order valence-electron chi connectivity index (χ1n) is 4.65. The Bertz CT molecular complexity index is 311. The first-order chi connectivity index (χ1) is 7.56. The van der Waals surface area contributed by atoms with Crippen LogP contribution in [-0.2, 0) is 0 Å². The third-order valence-corrected chi connectivity index (χ3v) is 4.06. The molecule has 0 aromatic carbocycles. The number of hydrogen-bond acceptors (Lipinski definition) is 0. The van der Waals surface area contributed by atoms with Gasteiger partial charge in [0.15, 0.2) is 0 Å². The largest absolute Gasteiger partial charge is 0.426 e. The zero-order valence-corrected chi connectivity index (χ0v) is 11.4. The molecule has 0 spiro atoms. The molecule has 0 radical (unpaired) electrons. The molecule has 3 atom stereocenters. The highest BCUT2D eigenvalue weighted by Gasteiger charge is 2.59. The summed E-state index contributed by atoms with van der Waals surface area (Å²) in [6, 6.07) is 0. The average molecular weight is 390 g/mol. The maximum atomic E-state index is 13.4. The van der Waals surface area contributed by atoms with Crippen LogP contribution in [0, 0.1) is 0 Å². The Hall–Kier alpha value is 0.280. The minimum atomic E-state index is -5.57. The molecule has 3 unspecified atom stereocenters. The second-order valence-corrected chi connectivity index (χ2v) is 5.99. The highest BCUT2D eigenvalue weighted by molar-refractivity contribution is 9.10. The summed E-state index contributed by atoms with van der Waals surface area (Å²) in [5, 5.41) is 0. The molecule has 0 fully saturated rings. The minimum Gasteiger partial charge on any atom is -0.230 e. The Morgan fingerprint density at radius 2 is 1.65 bits per heavy atom. The standard InChI is InChI=1S/C9H8Br2F6/c10-4-1-2-6(11)5(3-4)8(13,14)7(12)9(15,16)17/h3-4,6-7H,1-2H2. The van der Waals surface area contributed by atoms with Crippen LogP contribution in [-0.4, -0.2) is 27.9 Å². The molecule has 1 rings (SSSR count). The average Bonchev–Trinajstić information content (AvgIpc) is 2.19. The minimum absolute atomic E-state index is 0.224. The van der Waals surface area contributed by atoms with E-state index in [1.165, 1.54) is 0 Å². The summed E-state index contributed by atoms with van der Waals surface area (Å²) in [7, 11) is 0. The fraction of sp³-hybridized carbons (Fsp3) is 0.778. The highest BCUT2D eigenvalue weighted by atomic mass is 79.9. The van der Waals surface area contributed by atoms with Gasteiger partial charge in [-0.15, -0.1) is 0 Å². The van der Waals surface area contributed by atoms with Gasteiger partial charge in [-0.2, -0.15) is 22.0 Å². The molecular formula is C9H8Br2F6. The predicted octanol–water partition coefficient (Wildman–Crippen LogP) is 4.77. The second-order valence-electron chi connectivity index (χ2n) is 3.71. The van der Waals surface area contributed by atoms with Crippen LogP contribution in [0.2, 0.25) is 0 Å². The van der Waals surface area contributed by atoms with Crippen molar-refractivity contribution in [3.05, 3.63) is 11.6 Å². The topological polar surface area (TPSA) is 0 Å². The van der Waals surface area contributed by atoms with Crippen molar-refractivity contribution in [3.8, 4) is 0 Å². The van der Waals surface area contributed by atoms with E-state index in [1.54, 1.807) is 0 Å². The quantitative estimate of drug-likeness (QED) is 0.362. The third kappa shape index (κ3) is 3.39. The lowest BCUT2D eigenvalue weighted by Crippen LogP contribution is -2.45. The van der Waals surface area contributed by atoms with Crippen LogP contribution >= 0.6 is 31.9 Å². The Morgan fingerprint density at radius 3 is 2.12 bits per heavy atom. The predicted molar refractivity (Wildman–Crippen MR) is 58.6 cm³/mol. The van der Waals surface area contributed by atoms with Crippen molar-refractivity contribution in [3.63, 3.8) is 0 Å². The van der Waals surface area contributed by atoms with Gasteiger partial charge in [0, 0.05) is 15.2 Å². The highest BCUT2D eigenvalue weighted by Crippen LogP contribution is 2.45. The van der Waals surface area contributed by atoms with Gasteiger partial charge in [0.2, 0.25) is 0 Å². The van der Waals surface area contributed by atoms with Crippen molar-refractivity contribution in [2.75, 3.05) is 0 Å². The number of alkyl halides is 8. The van der Waals surface area contributed by atoms with Gasteiger partial charge in [0.25, 0.3) is 6.17 Å². The van der Waals surface area contributed by atoms with Crippen molar-refractivity contribution in [1.29, 1.82) is 0 Å². The van der Waals surface area contributed by atoms with Gasteiger partial charge in [-0.1, -0.05) is 37.9 Å². The van der Waals surface area contributed by atoms with Crippen LogP contribution in [0.25, 0.3) is 0 Å². The summed E-state index contributed by atoms with van der Waals surface area (Å²) in [6.45, 7) is 0. The van der Waals surface area contributed by atoms with Crippen molar-refractivity contribution in [2.24, 2.45) is 0 Å². The van der Waals surface area contributed by atoms with Crippen LogP contribution < -0.4 is 0 Å². The molecule has 0 bridgehead atoms. The molecule has 1 aliphatic carbocycles. The molecule has 17 heavy (non-hydrogen) atoms. The summed E-state index contributed by atoms with van der Waals surface area (Å²) in [5.74, 6) is -4.54. The van der Waals surface area contributed by atoms with Crippen LogP contribution in [0.1, 0.15) is 12.8 Å². The zero-order valence-electron chi connectivity index (χ0n) is 8.25. The molecule has 0 aliphatic heterocycles. The lowest BCUT2D eigenvalue weighted by molar-refractivity contribution is -0.234. The van der Waals surface area contributed by atoms with Gasteiger partial charge in [-0.25, -0.2) is 4.39 Å². The smallest absolute Gasteiger partial charge is 0.230 e. The number of halogens is 8. The monoisotopic (exact) mass is 388 g/mol. The Balaban J connectivity index is 3.04. The van der Waals surface area contributed by atoms with E-state index < -0.39 is 33.5 Å². The lowest BCUT2D eigenvalue weighted by Gasteiger charge is -2.31. The maximum absolute atomic E-state index is 13.4. The number of rotatable bonds is 2. The van der Waals surface area contributed by atoms with Gasteiger partial charge < -0.3 is 0 Å². The first kappa shape index (κ1) is 15.3. The van der Waals surface area contributed by atoms with Gasteiger partial charge >= 0.3 is 12.1 Å². The molecule has 1 aliphatic rings. The SMILES string of the molecule is FC(C(F)(F)F)C(F)(F)C1=CC(Br)CCC1Br. The van der Waals surface area contributed by atoms with Gasteiger partial charge in [0.1, 0.15) is 0 Å². The molecule has 8 heteroatoms. The fourth-order valence-corrected chi connectivity index (χ4v) is 2.79. The number of allylic oxidation sites excluding steroid dienone is 2. The van der Waals surface area contributed by atoms with E-state index in [9.17, 15) is 26.3 Å². The first-order valence-corrected chi connectivity index (χ1v) is 6.49. The zero-order chi connectivity index (χ0) is 13.4. The van der Waals surface area contributed by atoms with Crippen molar-refractivity contribution in [2.45, 2.75) is 40.8 Å². The van der Waals surface area contributed by atoms with E-state index in [1.807, 2.05) is 0 Å². The Kier molecular flexibility index (Phi) is 4.61. The summed E-state index contributed by atoms with van der Waals surface area (Å²) in [4.78, 5) is -1.40. The molecule has 100 valence electrons. The van der Waals surface area contributed by atoms with E-state index in [2.05, 4.69) is 31.9 Å². The Morgan fingerprint density at radius 1 is 1.12 bits per heavy atom. The van der Waals surface area contributed by atoms with Gasteiger partial charge in [0.05, 0.1) is 0 Å². The van der Waals surface area contributed by atoms with E-state index >= 15 is 0 Å². The molecule has 0 N–H and O–H groups in total. The van der Waals surface area contributed by atoms with Gasteiger partial charge in [-0.05, 0) is 12.8 Å². The van der Waals surface area contributed by atoms with E-state index in [0.29, 0.717) is 6.42 Å². The molecular weight excluding hydrogens is 382 g/mol. The molecule has 0 saturated carbocycles. The summed E-state index contributed by atoms with van der Waals surface area (Å²) in [5.41, 5.74) is -0.851. The second kappa shape index (κ2) is 5.11. The fourth-order valence-electron chi connectivity index (χ4n) is 1.52. The molecule has 0 amide bonds. The van der Waals surface area contributed by atoms with Crippen molar-refractivity contribution >= 4 is 31.9 Å². The summed E-state index contributed by atoms with van der Waals surface area (Å²) >= 11 is 5.86. The summed E-state index contributed by atoms with van der Waals surface area (Å²) < 4.78 is 75.7. The molecule has 0 aromatic rings.